The third-order valence-corrected chi connectivity index (χ3v) is 2.99. The van der Waals surface area contributed by atoms with Crippen molar-refractivity contribution >= 4 is 11.4 Å². The Hall–Kier alpha value is -2.24. The molecule has 0 aliphatic heterocycles. The minimum Gasteiger partial charge on any atom is -0.396 e. The van der Waals surface area contributed by atoms with Gasteiger partial charge in [0.25, 0.3) is 0 Å². The summed E-state index contributed by atoms with van der Waals surface area (Å²) in [5, 5.41) is 28.4. The number of hydrogen-bond acceptors (Lipinski definition) is 4. The fraction of sp³-hybridized carbons (Fsp3) is 0.250. The number of aliphatic hydroxyl groups is 2. The van der Waals surface area contributed by atoms with E-state index in [9.17, 15) is 5.11 Å². The normalized spacial score (nSPS) is 11.0. The van der Waals surface area contributed by atoms with E-state index < -0.39 is 0 Å². The average molecular weight is 285 g/mol. The van der Waals surface area contributed by atoms with Crippen LogP contribution in [-0.2, 0) is 6.42 Å². The quantitative estimate of drug-likeness (QED) is 0.607. The summed E-state index contributed by atoms with van der Waals surface area (Å²) in [6.45, 7) is 0.389. The van der Waals surface area contributed by atoms with Crippen LogP contribution in [0.4, 0.5) is 11.4 Å². The summed E-state index contributed by atoms with van der Waals surface area (Å²) in [6.07, 6.45) is 0.541. The summed E-state index contributed by atoms with van der Waals surface area (Å²) < 4.78 is 0. The molecule has 2 N–H and O–H groups in total. The van der Waals surface area contributed by atoms with Gasteiger partial charge in [-0.3, -0.25) is 0 Å². The predicted molar refractivity (Wildman–Crippen MR) is 82.6 cm³/mol. The molecule has 2 aromatic carbocycles. The summed E-state index contributed by atoms with van der Waals surface area (Å²) >= 11 is 0. The SMILES string of the molecule is OCCc1ccccc1N(CCO)N=Nc1ccccc1. The van der Waals surface area contributed by atoms with Gasteiger partial charge in [-0.25, -0.2) is 5.01 Å². The van der Waals surface area contributed by atoms with E-state index in [0.29, 0.717) is 13.0 Å². The molecule has 0 radical (unpaired) electrons. The molecule has 0 saturated heterocycles. The second-order valence-electron chi connectivity index (χ2n) is 4.47. The van der Waals surface area contributed by atoms with Crippen LogP contribution in [0, 0.1) is 0 Å². The van der Waals surface area contributed by atoms with Gasteiger partial charge in [-0.15, -0.1) is 5.11 Å². The number of rotatable bonds is 7. The molecule has 0 aromatic heterocycles. The average Bonchev–Trinajstić information content (AvgIpc) is 2.53. The van der Waals surface area contributed by atoms with E-state index in [2.05, 4.69) is 10.3 Å². The first kappa shape index (κ1) is 15.2. The van der Waals surface area contributed by atoms with Gasteiger partial charge in [0, 0.05) is 6.61 Å². The lowest BCUT2D eigenvalue weighted by atomic mass is 10.1. The Morgan fingerprint density at radius 3 is 2.29 bits per heavy atom. The second kappa shape index (κ2) is 8.14. The minimum absolute atomic E-state index is 0.0265. The Morgan fingerprint density at radius 1 is 0.857 bits per heavy atom. The zero-order valence-electron chi connectivity index (χ0n) is 11.8. The Kier molecular flexibility index (Phi) is 5.87. The molecule has 2 aromatic rings. The minimum atomic E-state index is -0.0265. The Balaban J connectivity index is 2.24. The Labute approximate surface area is 124 Å². The first-order valence-electron chi connectivity index (χ1n) is 6.89. The molecule has 0 heterocycles. The lowest BCUT2D eigenvalue weighted by Gasteiger charge is -2.19. The number of nitrogens with zero attached hydrogens (tertiary/aromatic N) is 3. The molecule has 0 saturated carbocycles. The van der Waals surface area contributed by atoms with Gasteiger partial charge in [-0.2, -0.15) is 0 Å². The van der Waals surface area contributed by atoms with E-state index in [0.717, 1.165) is 16.9 Å². The van der Waals surface area contributed by atoms with Crippen molar-refractivity contribution in [1.29, 1.82) is 0 Å². The van der Waals surface area contributed by atoms with Gasteiger partial charge in [0.15, 0.2) is 0 Å². The molecule has 0 amide bonds. The monoisotopic (exact) mass is 285 g/mol. The molecule has 5 heteroatoms. The van der Waals surface area contributed by atoms with E-state index in [-0.39, 0.29) is 13.2 Å². The molecule has 0 aliphatic rings. The van der Waals surface area contributed by atoms with Crippen molar-refractivity contribution < 1.29 is 10.2 Å². The number of anilines is 1. The largest absolute Gasteiger partial charge is 0.396 e. The van der Waals surface area contributed by atoms with Gasteiger partial charge in [0.05, 0.1) is 24.5 Å². The van der Waals surface area contributed by atoms with Gasteiger partial charge < -0.3 is 10.2 Å². The van der Waals surface area contributed by atoms with Crippen LogP contribution < -0.4 is 5.01 Å². The topological polar surface area (TPSA) is 68.4 Å². The molecule has 0 bridgehead atoms. The van der Waals surface area contributed by atoms with Crippen LogP contribution in [0.25, 0.3) is 0 Å². The predicted octanol–water partition coefficient (Wildman–Crippen LogP) is 2.72. The third-order valence-electron chi connectivity index (χ3n) is 2.99. The molecule has 2 rings (SSSR count). The Bertz CT molecular complexity index is 573. The molecular weight excluding hydrogens is 266 g/mol. The van der Waals surface area contributed by atoms with E-state index in [4.69, 9.17) is 5.11 Å². The van der Waals surface area contributed by atoms with Crippen LogP contribution in [-0.4, -0.2) is 30.0 Å². The van der Waals surface area contributed by atoms with Crippen molar-refractivity contribution in [3.63, 3.8) is 0 Å². The zero-order chi connectivity index (χ0) is 14.9. The zero-order valence-corrected chi connectivity index (χ0v) is 11.8. The maximum atomic E-state index is 9.22. The van der Waals surface area contributed by atoms with E-state index in [1.807, 2.05) is 54.6 Å². The first-order chi connectivity index (χ1) is 10.3. The van der Waals surface area contributed by atoms with E-state index >= 15 is 0 Å². The highest BCUT2D eigenvalue weighted by molar-refractivity contribution is 5.53. The van der Waals surface area contributed by atoms with Crippen LogP contribution in [0.5, 0.6) is 0 Å². The second-order valence-corrected chi connectivity index (χ2v) is 4.47. The fourth-order valence-electron chi connectivity index (χ4n) is 2.00. The molecule has 21 heavy (non-hydrogen) atoms. The van der Waals surface area contributed by atoms with E-state index in [1.54, 1.807) is 5.01 Å². The maximum absolute atomic E-state index is 9.22. The highest BCUT2D eigenvalue weighted by atomic mass is 16.3. The standard InChI is InChI=1S/C16H19N3O2/c20-12-10-14-6-4-5-9-16(14)19(11-13-21)18-17-15-7-2-1-3-8-15/h1-9,20-21H,10-13H2. The number of hydrogen-bond donors (Lipinski definition) is 2. The number of aliphatic hydroxyl groups excluding tert-OH is 2. The van der Waals surface area contributed by atoms with Gasteiger partial charge in [0.1, 0.15) is 0 Å². The summed E-state index contributed by atoms with van der Waals surface area (Å²) in [5.74, 6) is 0. The molecule has 110 valence electrons. The van der Waals surface area contributed by atoms with Gasteiger partial charge in [-0.1, -0.05) is 41.6 Å². The van der Waals surface area contributed by atoms with Crippen molar-refractivity contribution in [3.05, 3.63) is 60.2 Å². The van der Waals surface area contributed by atoms with Crippen LogP contribution in [0.3, 0.4) is 0 Å². The molecular formula is C16H19N3O2. The molecule has 0 atom stereocenters. The smallest absolute Gasteiger partial charge is 0.0874 e. The van der Waals surface area contributed by atoms with Gasteiger partial charge in [-0.05, 0) is 30.2 Å². The third kappa shape index (κ3) is 4.37. The van der Waals surface area contributed by atoms with Gasteiger partial charge >= 0.3 is 0 Å². The first-order valence-corrected chi connectivity index (χ1v) is 6.89. The van der Waals surface area contributed by atoms with E-state index in [1.165, 1.54) is 0 Å². The fourth-order valence-corrected chi connectivity index (χ4v) is 2.00. The summed E-state index contributed by atoms with van der Waals surface area (Å²) in [7, 11) is 0. The highest BCUT2D eigenvalue weighted by Crippen LogP contribution is 2.22. The molecule has 0 unspecified atom stereocenters. The molecule has 5 nitrogen and oxygen atoms in total. The van der Waals surface area contributed by atoms with Crippen molar-refractivity contribution in [2.75, 3.05) is 24.8 Å². The van der Waals surface area contributed by atoms with Crippen LogP contribution in [0.15, 0.2) is 64.9 Å². The lowest BCUT2D eigenvalue weighted by Crippen LogP contribution is -2.21. The summed E-state index contributed by atoms with van der Waals surface area (Å²) in [4.78, 5) is 0. The van der Waals surface area contributed by atoms with Crippen molar-refractivity contribution in [3.8, 4) is 0 Å². The summed E-state index contributed by atoms with van der Waals surface area (Å²) in [5.41, 5.74) is 2.57. The van der Waals surface area contributed by atoms with Crippen LogP contribution in [0.1, 0.15) is 5.56 Å². The number of para-hydroxylation sites is 1. The van der Waals surface area contributed by atoms with Crippen molar-refractivity contribution in [2.24, 2.45) is 10.3 Å². The van der Waals surface area contributed by atoms with Crippen LogP contribution in [0.2, 0.25) is 0 Å². The summed E-state index contributed by atoms with van der Waals surface area (Å²) in [6, 6.07) is 17.1. The molecule has 0 aliphatic carbocycles. The molecule has 0 spiro atoms. The number of benzene rings is 2. The van der Waals surface area contributed by atoms with Crippen LogP contribution >= 0.6 is 0 Å². The van der Waals surface area contributed by atoms with Crippen molar-refractivity contribution in [2.45, 2.75) is 6.42 Å². The van der Waals surface area contributed by atoms with Crippen molar-refractivity contribution in [1.82, 2.24) is 0 Å². The Morgan fingerprint density at radius 2 is 1.57 bits per heavy atom. The van der Waals surface area contributed by atoms with Gasteiger partial charge in [0.2, 0.25) is 0 Å². The highest BCUT2D eigenvalue weighted by Gasteiger charge is 2.09. The molecule has 0 fully saturated rings. The maximum Gasteiger partial charge on any atom is 0.0874 e. The lowest BCUT2D eigenvalue weighted by molar-refractivity contribution is 0.298.